The average molecular weight is 236 g/mol. The molecule has 0 rings (SSSR count). The van der Waals surface area contributed by atoms with E-state index in [1.165, 1.54) is 64.2 Å². The Balaban J connectivity index is 0. The zero-order chi connectivity index (χ0) is 11.2. The summed E-state index contributed by atoms with van der Waals surface area (Å²) in [5.41, 5.74) is 0. The van der Waals surface area contributed by atoms with Gasteiger partial charge in [0.2, 0.25) is 0 Å². The van der Waals surface area contributed by atoms with Gasteiger partial charge in [-0.2, -0.15) is 0 Å². The van der Waals surface area contributed by atoms with Crippen LogP contribution in [-0.4, -0.2) is 6.61 Å². The van der Waals surface area contributed by atoms with E-state index in [-0.39, 0.29) is 36.2 Å². The van der Waals surface area contributed by atoms with Gasteiger partial charge in [0, 0.05) is 0 Å². The van der Waals surface area contributed by atoms with Crippen LogP contribution in [0.3, 0.4) is 0 Å². The van der Waals surface area contributed by atoms with Crippen molar-refractivity contribution in [2.75, 3.05) is 6.61 Å². The van der Waals surface area contributed by atoms with Gasteiger partial charge in [-0.05, 0) is 0 Å². The Hall–Kier alpha value is 0.960. The van der Waals surface area contributed by atoms with Crippen LogP contribution in [0, 0.1) is 0 Å². The van der Waals surface area contributed by atoms with Crippen LogP contribution in [0.5, 0.6) is 0 Å². The molecule has 1 nitrogen and oxygen atoms in total. The number of unbranched alkanes of at least 4 members (excludes halogenated alkanes) is 11. The maximum atomic E-state index is 10.2. The fourth-order valence-corrected chi connectivity index (χ4v) is 1.94. The molecule has 0 bridgehead atoms. The van der Waals surface area contributed by atoms with Crippen LogP contribution in [0.1, 0.15) is 84.0 Å². The summed E-state index contributed by atoms with van der Waals surface area (Å²) >= 11 is 0. The SMILES string of the molecule is CCCCCCCCCCCCCC[O-].[Na+]. The molecule has 0 saturated carbocycles. The van der Waals surface area contributed by atoms with E-state index in [0.717, 1.165) is 12.8 Å². The fourth-order valence-electron chi connectivity index (χ4n) is 1.94. The van der Waals surface area contributed by atoms with Gasteiger partial charge in [0.1, 0.15) is 0 Å². The first-order valence-electron chi connectivity index (χ1n) is 7.00. The number of rotatable bonds is 12. The Labute approximate surface area is 125 Å². The second-order valence-corrected chi connectivity index (χ2v) is 4.59. The van der Waals surface area contributed by atoms with Crippen LogP contribution in [0.15, 0.2) is 0 Å². The first-order chi connectivity index (χ1) is 7.41. The zero-order valence-corrected chi connectivity index (χ0v) is 13.6. The Morgan fingerprint density at radius 1 is 0.562 bits per heavy atom. The summed E-state index contributed by atoms with van der Waals surface area (Å²) in [7, 11) is 0. The molecule has 0 aliphatic carbocycles. The van der Waals surface area contributed by atoms with Gasteiger partial charge in [-0.25, -0.2) is 0 Å². The molecule has 0 aromatic rings. The average Bonchev–Trinajstić information content (AvgIpc) is 2.26. The monoisotopic (exact) mass is 236 g/mol. The van der Waals surface area contributed by atoms with Crippen LogP contribution < -0.4 is 34.7 Å². The predicted octanol–water partition coefficient (Wildman–Crippen LogP) is 1.05. The number of hydrogen-bond acceptors (Lipinski definition) is 1. The van der Waals surface area contributed by atoms with E-state index >= 15 is 0 Å². The van der Waals surface area contributed by atoms with Gasteiger partial charge in [-0.1, -0.05) is 84.0 Å². The van der Waals surface area contributed by atoms with Gasteiger partial charge in [-0.3, -0.25) is 0 Å². The molecule has 0 N–H and O–H groups in total. The van der Waals surface area contributed by atoms with E-state index in [2.05, 4.69) is 6.92 Å². The summed E-state index contributed by atoms with van der Waals surface area (Å²) in [5.74, 6) is 0. The van der Waals surface area contributed by atoms with Crippen molar-refractivity contribution in [2.24, 2.45) is 0 Å². The molecule has 0 saturated heterocycles. The van der Waals surface area contributed by atoms with E-state index in [0.29, 0.717) is 0 Å². The van der Waals surface area contributed by atoms with Crippen LogP contribution >= 0.6 is 0 Å². The van der Waals surface area contributed by atoms with Gasteiger partial charge in [0.05, 0.1) is 0 Å². The molecule has 2 heteroatoms. The molecule has 0 heterocycles. The molecule has 0 fully saturated rings. The third-order valence-corrected chi connectivity index (χ3v) is 3.00. The van der Waals surface area contributed by atoms with Crippen LogP contribution in [0.2, 0.25) is 0 Å². The third-order valence-electron chi connectivity index (χ3n) is 3.00. The molecule has 0 aliphatic heterocycles. The van der Waals surface area contributed by atoms with Gasteiger partial charge in [-0.15, -0.1) is 6.61 Å². The minimum Gasteiger partial charge on any atom is -0.854 e. The Morgan fingerprint density at radius 2 is 0.875 bits per heavy atom. The molecule has 0 aromatic heterocycles. The van der Waals surface area contributed by atoms with Gasteiger partial charge < -0.3 is 5.11 Å². The molecule has 0 radical (unpaired) electrons. The van der Waals surface area contributed by atoms with Crippen molar-refractivity contribution in [1.29, 1.82) is 0 Å². The van der Waals surface area contributed by atoms with Crippen LogP contribution in [0.25, 0.3) is 0 Å². The largest absolute Gasteiger partial charge is 1.00 e. The van der Waals surface area contributed by atoms with Gasteiger partial charge in [0.25, 0.3) is 0 Å². The van der Waals surface area contributed by atoms with E-state index in [1.807, 2.05) is 0 Å². The van der Waals surface area contributed by atoms with Crippen molar-refractivity contribution in [3.8, 4) is 0 Å². The first kappa shape index (κ1) is 19.3. The summed E-state index contributed by atoms with van der Waals surface area (Å²) in [6, 6.07) is 0. The predicted molar refractivity (Wildman–Crippen MR) is 65.9 cm³/mol. The Bertz CT molecular complexity index is 94.9. The molecular formula is C14H29NaO. The van der Waals surface area contributed by atoms with E-state index in [9.17, 15) is 5.11 Å². The maximum Gasteiger partial charge on any atom is 1.00 e. The summed E-state index contributed by atoms with van der Waals surface area (Å²) in [5, 5.41) is 10.2. The van der Waals surface area contributed by atoms with E-state index < -0.39 is 0 Å². The molecule has 92 valence electrons. The molecule has 16 heavy (non-hydrogen) atoms. The van der Waals surface area contributed by atoms with Crippen molar-refractivity contribution < 1.29 is 34.7 Å². The first-order valence-corrected chi connectivity index (χ1v) is 7.00. The second kappa shape index (κ2) is 18.3. The topological polar surface area (TPSA) is 23.1 Å². The molecule has 0 aromatic carbocycles. The molecule has 0 unspecified atom stereocenters. The van der Waals surface area contributed by atoms with Gasteiger partial charge >= 0.3 is 29.6 Å². The molecule has 0 aliphatic rings. The van der Waals surface area contributed by atoms with Crippen molar-refractivity contribution in [3.05, 3.63) is 0 Å². The maximum absolute atomic E-state index is 10.2. The van der Waals surface area contributed by atoms with Crippen LogP contribution in [-0.2, 0) is 0 Å². The van der Waals surface area contributed by atoms with Crippen molar-refractivity contribution in [3.63, 3.8) is 0 Å². The molecule has 0 spiro atoms. The summed E-state index contributed by atoms with van der Waals surface area (Å²) in [6.07, 6.45) is 15.9. The van der Waals surface area contributed by atoms with Crippen LogP contribution in [0.4, 0.5) is 0 Å². The third kappa shape index (κ3) is 17.4. The summed E-state index contributed by atoms with van der Waals surface area (Å²) in [6.45, 7) is 2.39. The van der Waals surface area contributed by atoms with Gasteiger partial charge in [0.15, 0.2) is 0 Å². The van der Waals surface area contributed by atoms with Crippen molar-refractivity contribution >= 4 is 0 Å². The number of hydrogen-bond donors (Lipinski definition) is 0. The van der Waals surface area contributed by atoms with E-state index in [1.54, 1.807) is 0 Å². The zero-order valence-electron chi connectivity index (χ0n) is 11.6. The van der Waals surface area contributed by atoms with Crippen molar-refractivity contribution in [2.45, 2.75) is 84.0 Å². The molecular weight excluding hydrogens is 207 g/mol. The molecule has 0 atom stereocenters. The Morgan fingerprint density at radius 3 is 1.19 bits per heavy atom. The standard InChI is InChI=1S/C14H29O.Na/c1-2-3-4-5-6-7-8-9-10-11-12-13-14-15;/h2-14H2,1H3;/q-1;+1. The van der Waals surface area contributed by atoms with E-state index in [4.69, 9.17) is 0 Å². The normalized spacial score (nSPS) is 10.1. The smallest absolute Gasteiger partial charge is 0.854 e. The minimum absolute atomic E-state index is 0. The van der Waals surface area contributed by atoms with Crippen molar-refractivity contribution in [1.82, 2.24) is 0 Å². The summed E-state index contributed by atoms with van der Waals surface area (Å²) in [4.78, 5) is 0. The molecule has 0 amide bonds. The quantitative estimate of drug-likeness (QED) is 0.367. The minimum atomic E-state index is 0. The second-order valence-electron chi connectivity index (χ2n) is 4.59. The fraction of sp³-hybridized carbons (Fsp3) is 1.00. The summed E-state index contributed by atoms with van der Waals surface area (Å²) < 4.78 is 0. The Kier molecular flexibility index (Phi) is 22.1.